The van der Waals surface area contributed by atoms with Gasteiger partial charge in [0, 0.05) is 19.2 Å². The van der Waals surface area contributed by atoms with Gasteiger partial charge in [-0.05, 0) is 37.5 Å². The van der Waals surface area contributed by atoms with Gasteiger partial charge in [-0.3, -0.25) is 4.79 Å². The zero-order valence-corrected chi connectivity index (χ0v) is 12.5. The maximum Gasteiger partial charge on any atom is 0.272 e. The molecule has 0 aliphatic heterocycles. The molecule has 0 saturated heterocycles. The quantitative estimate of drug-likeness (QED) is 0.866. The van der Waals surface area contributed by atoms with E-state index in [-0.39, 0.29) is 5.91 Å². The smallest absolute Gasteiger partial charge is 0.272 e. The van der Waals surface area contributed by atoms with Crippen LogP contribution in [0.1, 0.15) is 47.1 Å². The number of furan rings is 1. The van der Waals surface area contributed by atoms with E-state index in [0.29, 0.717) is 29.9 Å². The van der Waals surface area contributed by atoms with Crippen LogP contribution in [0.5, 0.6) is 0 Å². The van der Waals surface area contributed by atoms with Crippen molar-refractivity contribution in [3.63, 3.8) is 0 Å². The van der Waals surface area contributed by atoms with E-state index >= 15 is 0 Å². The van der Waals surface area contributed by atoms with Crippen molar-refractivity contribution in [2.24, 2.45) is 5.92 Å². The molecule has 0 unspecified atom stereocenters. The summed E-state index contributed by atoms with van der Waals surface area (Å²) in [5.41, 5.74) is 0.410. The van der Waals surface area contributed by atoms with Gasteiger partial charge in [0.1, 0.15) is 23.0 Å². The molecule has 1 saturated carbocycles. The Labute approximate surface area is 124 Å². The molecule has 1 aliphatic carbocycles. The first-order valence-electron chi connectivity index (χ1n) is 7.18. The van der Waals surface area contributed by atoms with Crippen molar-refractivity contribution in [1.29, 1.82) is 0 Å². The molecule has 3 rings (SSSR count). The highest BCUT2D eigenvalue weighted by molar-refractivity contribution is 5.91. The average Bonchev–Trinajstić information content (AvgIpc) is 3.01. The van der Waals surface area contributed by atoms with Crippen molar-refractivity contribution in [3.05, 3.63) is 47.4 Å². The fraction of sp³-hybridized carbons (Fsp3) is 0.438. The van der Waals surface area contributed by atoms with Gasteiger partial charge in [-0.2, -0.15) is 0 Å². The van der Waals surface area contributed by atoms with Gasteiger partial charge in [0.05, 0.1) is 6.54 Å². The molecule has 1 fully saturated rings. The zero-order valence-electron chi connectivity index (χ0n) is 12.5. The lowest BCUT2D eigenvalue weighted by Crippen LogP contribution is -2.27. The fourth-order valence-electron chi connectivity index (χ4n) is 2.47. The minimum atomic E-state index is -0.127. The number of aryl methyl sites for hydroxylation is 1. The lowest BCUT2D eigenvalue weighted by molar-refractivity contribution is 0.0768. The highest BCUT2D eigenvalue weighted by Gasteiger charge is 2.36. The zero-order chi connectivity index (χ0) is 15.0. The van der Waals surface area contributed by atoms with Crippen molar-refractivity contribution in [1.82, 2.24) is 14.9 Å². The van der Waals surface area contributed by atoms with Gasteiger partial charge in [-0.15, -0.1) is 0 Å². The first-order chi connectivity index (χ1) is 10.0. The Kier molecular flexibility index (Phi) is 3.49. The Morgan fingerprint density at radius 2 is 2.19 bits per heavy atom. The monoisotopic (exact) mass is 285 g/mol. The SMILES string of the molecule is Cc1nccc(C(=O)N(C)Cc2ccc([C@@H]3C[C@@H]3C)o2)n1. The molecule has 21 heavy (non-hydrogen) atoms. The summed E-state index contributed by atoms with van der Waals surface area (Å²) in [6, 6.07) is 5.61. The van der Waals surface area contributed by atoms with Crippen molar-refractivity contribution < 1.29 is 9.21 Å². The number of hydrogen-bond donors (Lipinski definition) is 0. The fourth-order valence-corrected chi connectivity index (χ4v) is 2.47. The molecular formula is C16H19N3O2. The molecule has 0 radical (unpaired) electrons. The lowest BCUT2D eigenvalue weighted by atomic mass is 10.3. The predicted octanol–water partition coefficient (Wildman–Crippen LogP) is 2.77. The van der Waals surface area contributed by atoms with Crippen LogP contribution in [-0.2, 0) is 6.54 Å². The van der Waals surface area contributed by atoms with Crippen LogP contribution in [0.2, 0.25) is 0 Å². The van der Waals surface area contributed by atoms with Crippen molar-refractivity contribution in [2.45, 2.75) is 32.7 Å². The van der Waals surface area contributed by atoms with Crippen molar-refractivity contribution in [2.75, 3.05) is 7.05 Å². The van der Waals surface area contributed by atoms with Gasteiger partial charge in [0.2, 0.25) is 0 Å². The first kappa shape index (κ1) is 13.8. The van der Waals surface area contributed by atoms with Crippen LogP contribution in [0.4, 0.5) is 0 Å². The Bertz CT molecular complexity index is 665. The highest BCUT2D eigenvalue weighted by atomic mass is 16.3. The van der Waals surface area contributed by atoms with E-state index in [4.69, 9.17) is 4.42 Å². The molecule has 0 aromatic carbocycles. The molecule has 1 aliphatic rings. The summed E-state index contributed by atoms with van der Waals surface area (Å²) >= 11 is 0. The lowest BCUT2D eigenvalue weighted by Gasteiger charge is -2.15. The van der Waals surface area contributed by atoms with Crippen LogP contribution < -0.4 is 0 Å². The van der Waals surface area contributed by atoms with Crippen LogP contribution in [-0.4, -0.2) is 27.8 Å². The van der Waals surface area contributed by atoms with E-state index in [0.717, 1.165) is 11.5 Å². The van der Waals surface area contributed by atoms with E-state index in [9.17, 15) is 4.79 Å². The van der Waals surface area contributed by atoms with Crippen LogP contribution in [0.25, 0.3) is 0 Å². The summed E-state index contributed by atoms with van der Waals surface area (Å²) in [7, 11) is 1.75. The van der Waals surface area contributed by atoms with E-state index in [1.807, 2.05) is 12.1 Å². The second kappa shape index (κ2) is 5.31. The van der Waals surface area contributed by atoms with Gasteiger partial charge in [-0.1, -0.05) is 6.92 Å². The van der Waals surface area contributed by atoms with Crippen LogP contribution >= 0.6 is 0 Å². The maximum atomic E-state index is 12.3. The molecule has 110 valence electrons. The third kappa shape index (κ3) is 2.96. The highest BCUT2D eigenvalue weighted by Crippen LogP contribution is 2.47. The summed E-state index contributed by atoms with van der Waals surface area (Å²) in [4.78, 5) is 22.1. The van der Waals surface area contributed by atoms with Gasteiger partial charge < -0.3 is 9.32 Å². The average molecular weight is 285 g/mol. The Hall–Kier alpha value is -2.17. The number of carbonyl (C=O) groups excluding carboxylic acids is 1. The van der Waals surface area contributed by atoms with Crippen molar-refractivity contribution in [3.8, 4) is 0 Å². The molecule has 0 N–H and O–H groups in total. The third-order valence-corrected chi connectivity index (χ3v) is 3.89. The van der Waals surface area contributed by atoms with Crippen molar-refractivity contribution >= 4 is 5.91 Å². The number of amides is 1. The topological polar surface area (TPSA) is 59.2 Å². The number of nitrogens with zero attached hydrogens (tertiary/aromatic N) is 3. The van der Waals surface area contributed by atoms with E-state index < -0.39 is 0 Å². The Balaban J connectivity index is 1.66. The summed E-state index contributed by atoms with van der Waals surface area (Å²) < 4.78 is 5.83. The molecule has 2 heterocycles. The van der Waals surface area contributed by atoms with Gasteiger partial charge in [0.25, 0.3) is 5.91 Å². The summed E-state index contributed by atoms with van der Waals surface area (Å²) in [6.07, 6.45) is 2.80. The number of carbonyl (C=O) groups is 1. The largest absolute Gasteiger partial charge is 0.464 e. The number of hydrogen-bond acceptors (Lipinski definition) is 4. The standard InChI is InChI=1S/C16H19N3O2/c1-10-8-13(10)15-5-4-12(21-15)9-19(3)16(20)14-6-7-17-11(2)18-14/h4-7,10,13H,8-9H2,1-3H3/t10-,13+/m0/s1. The molecule has 5 nitrogen and oxygen atoms in total. The molecular weight excluding hydrogens is 266 g/mol. The number of aromatic nitrogens is 2. The van der Waals surface area contributed by atoms with Gasteiger partial charge >= 0.3 is 0 Å². The van der Waals surface area contributed by atoms with E-state index in [1.54, 1.807) is 31.1 Å². The third-order valence-electron chi connectivity index (χ3n) is 3.89. The summed E-state index contributed by atoms with van der Waals surface area (Å²) in [5.74, 6) is 3.59. The van der Waals surface area contributed by atoms with E-state index in [2.05, 4.69) is 16.9 Å². The number of rotatable bonds is 4. The van der Waals surface area contributed by atoms with Crippen LogP contribution in [0.15, 0.2) is 28.8 Å². The minimum Gasteiger partial charge on any atom is -0.464 e. The molecule has 2 aromatic heterocycles. The normalized spacial score (nSPS) is 20.3. The van der Waals surface area contributed by atoms with Gasteiger partial charge in [-0.25, -0.2) is 9.97 Å². The Morgan fingerprint density at radius 3 is 2.86 bits per heavy atom. The molecule has 2 aromatic rings. The molecule has 2 atom stereocenters. The first-order valence-corrected chi connectivity index (χ1v) is 7.18. The molecule has 0 spiro atoms. The second-order valence-electron chi connectivity index (χ2n) is 5.77. The molecule has 1 amide bonds. The van der Waals surface area contributed by atoms with Crippen LogP contribution in [0, 0.1) is 12.8 Å². The predicted molar refractivity (Wildman–Crippen MR) is 77.8 cm³/mol. The van der Waals surface area contributed by atoms with E-state index in [1.165, 1.54) is 6.42 Å². The summed E-state index contributed by atoms with van der Waals surface area (Å²) in [6.45, 7) is 4.44. The van der Waals surface area contributed by atoms with Gasteiger partial charge in [0.15, 0.2) is 0 Å². The Morgan fingerprint density at radius 1 is 1.43 bits per heavy atom. The minimum absolute atomic E-state index is 0.127. The molecule has 5 heteroatoms. The second-order valence-corrected chi connectivity index (χ2v) is 5.77. The molecule has 0 bridgehead atoms. The maximum absolute atomic E-state index is 12.3. The van der Waals surface area contributed by atoms with Crippen LogP contribution in [0.3, 0.4) is 0 Å². The summed E-state index contributed by atoms with van der Waals surface area (Å²) in [5, 5.41) is 0.